The van der Waals surface area contributed by atoms with E-state index in [0.29, 0.717) is 5.95 Å². The molecule has 3 N–H and O–H groups in total. The smallest absolute Gasteiger partial charge is 0.264 e. The molecule has 2 aromatic rings. The van der Waals surface area contributed by atoms with Gasteiger partial charge < -0.3 is 10.6 Å². The molecule has 2 heterocycles. The largest absolute Gasteiger partial charge is 0.368 e. The summed E-state index contributed by atoms with van der Waals surface area (Å²) in [5, 5.41) is 0. The van der Waals surface area contributed by atoms with Crippen LogP contribution in [-0.2, 0) is 10.0 Å². The van der Waals surface area contributed by atoms with Crippen LogP contribution in [0.3, 0.4) is 0 Å². The third-order valence-corrected chi connectivity index (χ3v) is 4.65. The Hall–Kier alpha value is -2.42. The van der Waals surface area contributed by atoms with Crippen molar-refractivity contribution in [3.05, 3.63) is 30.3 Å². The molecule has 8 nitrogen and oxygen atoms in total. The van der Waals surface area contributed by atoms with Crippen LogP contribution in [0, 0.1) is 0 Å². The Bertz CT molecular complexity index is 759. The molecule has 1 aliphatic rings. The molecule has 22 heavy (non-hydrogen) atoms. The molecule has 0 bridgehead atoms. The third-order valence-electron chi connectivity index (χ3n) is 3.31. The first-order valence-corrected chi connectivity index (χ1v) is 8.37. The number of nitrogens with two attached hydrogens (primary N) is 1. The molecule has 0 saturated carbocycles. The van der Waals surface area contributed by atoms with Crippen molar-refractivity contribution < 1.29 is 8.42 Å². The van der Waals surface area contributed by atoms with Gasteiger partial charge >= 0.3 is 0 Å². The van der Waals surface area contributed by atoms with Crippen LogP contribution in [0.1, 0.15) is 12.8 Å². The van der Waals surface area contributed by atoms with E-state index in [4.69, 9.17) is 5.73 Å². The minimum absolute atomic E-state index is 0.0114. The molecule has 3 rings (SSSR count). The summed E-state index contributed by atoms with van der Waals surface area (Å²) in [7, 11) is -3.75. The quantitative estimate of drug-likeness (QED) is 0.858. The topological polar surface area (TPSA) is 114 Å². The summed E-state index contributed by atoms with van der Waals surface area (Å²) in [5.41, 5.74) is 5.66. The Morgan fingerprint density at radius 3 is 2.41 bits per heavy atom. The normalized spacial score (nSPS) is 15.0. The lowest BCUT2D eigenvalue weighted by Gasteiger charge is -2.16. The number of nitrogens with one attached hydrogen (secondary N) is 1. The van der Waals surface area contributed by atoms with E-state index in [1.807, 2.05) is 4.90 Å². The van der Waals surface area contributed by atoms with E-state index in [1.165, 1.54) is 12.1 Å². The van der Waals surface area contributed by atoms with Gasteiger partial charge in [0.25, 0.3) is 10.0 Å². The highest BCUT2D eigenvalue weighted by Gasteiger charge is 2.20. The standard InChI is InChI=1S/C13H16N6O2S/c14-11-15-12(17-13(16-11)19-8-4-5-9-19)18-22(20,21)10-6-2-1-3-7-10/h1-3,6-7H,4-5,8-9H2,(H3,14,15,16,17,18). The predicted molar refractivity (Wildman–Crippen MR) is 82.9 cm³/mol. The Morgan fingerprint density at radius 2 is 1.73 bits per heavy atom. The predicted octanol–water partition coefficient (Wildman–Crippen LogP) is 0.855. The molecule has 0 unspecified atom stereocenters. The van der Waals surface area contributed by atoms with Gasteiger partial charge in [-0.05, 0) is 25.0 Å². The van der Waals surface area contributed by atoms with E-state index >= 15 is 0 Å². The average molecular weight is 320 g/mol. The number of aromatic nitrogens is 3. The fourth-order valence-corrected chi connectivity index (χ4v) is 3.23. The molecule has 116 valence electrons. The van der Waals surface area contributed by atoms with Crippen LogP contribution in [0.4, 0.5) is 17.8 Å². The molecule has 1 aromatic heterocycles. The molecule has 0 amide bonds. The second-order valence-electron chi connectivity index (χ2n) is 4.93. The highest BCUT2D eigenvalue weighted by atomic mass is 32.2. The van der Waals surface area contributed by atoms with Crippen LogP contribution in [0.25, 0.3) is 0 Å². The monoisotopic (exact) mass is 320 g/mol. The molecule has 1 aliphatic heterocycles. The summed E-state index contributed by atoms with van der Waals surface area (Å²) in [6.07, 6.45) is 2.10. The Balaban J connectivity index is 1.89. The Labute approximate surface area is 128 Å². The Kier molecular flexibility index (Phi) is 3.80. The van der Waals surface area contributed by atoms with Gasteiger partial charge in [0.1, 0.15) is 0 Å². The van der Waals surface area contributed by atoms with Crippen molar-refractivity contribution >= 4 is 27.9 Å². The first kappa shape index (κ1) is 14.5. The molecule has 0 atom stereocenters. The van der Waals surface area contributed by atoms with Crippen LogP contribution >= 0.6 is 0 Å². The molecule has 9 heteroatoms. The van der Waals surface area contributed by atoms with Gasteiger partial charge in [-0.1, -0.05) is 18.2 Å². The maximum atomic E-state index is 12.3. The molecule has 0 aliphatic carbocycles. The van der Waals surface area contributed by atoms with Crippen molar-refractivity contribution in [1.29, 1.82) is 0 Å². The fourth-order valence-electron chi connectivity index (χ4n) is 2.26. The number of rotatable bonds is 4. The van der Waals surface area contributed by atoms with Crippen LogP contribution in [-0.4, -0.2) is 36.5 Å². The zero-order valence-corrected chi connectivity index (χ0v) is 12.6. The van der Waals surface area contributed by atoms with Gasteiger partial charge in [0.2, 0.25) is 17.8 Å². The number of hydrogen-bond acceptors (Lipinski definition) is 7. The van der Waals surface area contributed by atoms with Gasteiger partial charge in [0.05, 0.1) is 4.90 Å². The molecule has 1 aromatic carbocycles. The van der Waals surface area contributed by atoms with Gasteiger partial charge in [-0.2, -0.15) is 15.0 Å². The Morgan fingerprint density at radius 1 is 1.05 bits per heavy atom. The maximum absolute atomic E-state index is 12.3. The first-order chi connectivity index (χ1) is 10.5. The lowest BCUT2D eigenvalue weighted by Crippen LogP contribution is -2.23. The lowest BCUT2D eigenvalue weighted by molar-refractivity contribution is 0.601. The van der Waals surface area contributed by atoms with Gasteiger partial charge in [0, 0.05) is 13.1 Å². The maximum Gasteiger partial charge on any atom is 0.264 e. The summed E-state index contributed by atoms with van der Waals surface area (Å²) in [5.74, 6) is 0.316. The van der Waals surface area contributed by atoms with Crippen molar-refractivity contribution in [3.8, 4) is 0 Å². The van der Waals surface area contributed by atoms with E-state index in [-0.39, 0.29) is 16.8 Å². The highest BCUT2D eigenvalue weighted by Crippen LogP contribution is 2.19. The van der Waals surface area contributed by atoms with E-state index in [2.05, 4.69) is 19.7 Å². The number of sulfonamides is 1. The van der Waals surface area contributed by atoms with Crippen LogP contribution in [0.5, 0.6) is 0 Å². The molecular weight excluding hydrogens is 304 g/mol. The number of benzene rings is 1. The summed E-state index contributed by atoms with van der Waals surface area (Å²) in [6, 6.07) is 8.02. The summed E-state index contributed by atoms with van der Waals surface area (Å²) in [6.45, 7) is 1.66. The molecule has 0 spiro atoms. The average Bonchev–Trinajstić information content (AvgIpc) is 3.01. The molecule has 0 radical (unpaired) electrons. The summed E-state index contributed by atoms with van der Waals surface area (Å²) in [4.78, 5) is 14.2. The molecule has 1 saturated heterocycles. The van der Waals surface area contributed by atoms with Crippen LogP contribution < -0.4 is 15.4 Å². The second-order valence-corrected chi connectivity index (χ2v) is 6.61. The van der Waals surface area contributed by atoms with Gasteiger partial charge in [0.15, 0.2) is 0 Å². The summed E-state index contributed by atoms with van der Waals surface area (Å²) >= 11 is 0. The van der Waals surface area contributed by atoms with Crippen molar-refractivity contribution in [2.24, 2.45) is 0 Å². The van der Waals surface area contributed by atoms with Gasteiger partial charge in [-0.3, -0.25) is 0 Å². The number of nitrogen functional groups attached to an aromatic ring is 1. The number of nitrogens with zero attached hydrogens (tertiary/aromatic N) is 4. The minimum Gasteiger partial charge on any atom is -0.368 e. The minimum atomic E-state index is -3.75. The fraction of sp³-hybridized carbons (Fsp3) is 0.308. The van der Waals surface area contributed by atoms with E-state index in [1.54, 1.807) is 18.2 Å². The third kappa shape index (κ3) is 3.08. The first-order valence-electron chi connectivity index (χ1n) is 6.89. The molecule has 1 fully saturated rings. The van der Waals surface area contributed by atoms with E-state index < -0.39 is 10.0 Å². The second kappa shape index (κ2) is 5.76. The number of anilines is 3. The van der Waals surface area contributed by atoms with Crippen molar-refractivity contribution in [1.82, 2.24) is 15.0 Å². The van der Waals surface area contributed by atoms with Crippen LogP contribution in [0.15, 0.2) is 35.2 Å². The van der Waals surface area contributed by atoms with Crippen molar-refractivity contribution in [2.45, 2.75) is 17.7 Å². The van der Waals surface area contributed by atoms with Gasteiger partial charge in [-0.25, -0.2) is 13.1 Å². The SMILES string of the molecule is Nc1nc(NS(=O)(=O)c2ccccc2)nc(N2CCCC2)n1. The van der Waals surface area contributed by atoms with E-state index in [9.17, 15) is 8.42 Å². The zero-order valence-electron chi connectivity index (χ0n) is 11.8. The van der Waals surface area contributed by atoms with Gasteiger partial charge in [-0.15, -0.1) is 0 Å². The lowest BCUT2D eigenvalue weighted by atomic mass is 10.4. The van der Waals surface area contributed by atoms with E-state index in [0.717, 1.165) is 25.9 Å². The zero-order chi connectivity index (χ0) is 15.6. The van der Waals surface area contributed by atoms with Crippen LogP contribution in [0.2, 0.25) is 0 Å². The highest BCUT2D eigenvalue weighted by molar-refractivity contribution is 7.92. The number of hydrogen-bond donors (Lipinski definition) is 2. The molecular formula is C13H16N6O2S. The van der Waals surface area contributed by atoms with Crippen molar-refractivity contribution in [2.75, 3.05) is 28.4 Å². The van der Waals surface area contributed by atoms with Crippen molar-refractivity contribution in [3.63, 3.8) is 0 Å². The summed E-state index contributed by atoms with van der Waals surface area (Å²) < 4.78 is 26.9.